The second-order valence-electron chi connectivity index (χ2n) is 6.54. The highest BCUT2D eigenvalue weighted by molar-refractivity contribution is 5.91. The molecule has 2 atom stereocenters. The molecule has 5 rings (SSSR count). The largest absolute Gasteiger partial charge is 0.387 e. The second kappa shape index (κ2) is 4.38. The average Bonchev–Trinajstić information content (AvgIpc) is 2.77. The molecule has 0 spiro atoms. The number of nitrogens with zero attached hydrogens (tertiary/aromatic N) is 1. The molecule has 0 aromatic carbocycles. The SMILES string of the molecule is O=C1CC=CC2=CNC3=C4C(CCC3)C3=CNCC=C3N4C12. The van der Waals surface area contributed by atoms with E-state index >= 15 is 0 Å². The van der Waals surface area contributed by atoms with E-state index in [2.05, 4.69) is 33.9 Å². The molecule has 2 unspecified atom stereocenters. The fourth-order valence-electron chi connectivity index (χ4n) is 4.45. The number of rotatable bonds is 0. The monoisotopic (exact) mass is 293 g/mol. The Labute approximate surface area is 129 Å². The van der Waals surface area contributed by atoms with Crippen LogP contribution in [-0.4, -0.2) is 23.3 Å². The van der Waals surface area contributed by atoms with Gasteiger partial charge in [0.05, 0.1) is 0 Å². The van der Waals surface area contributed by atoms with Crippen LogP contribution in [-0.2, 0) is 4.79 Å². The topological polar surface area (TPSA) is 44.4 Å². The van der Waals surface area contributed by atoms with Crippen LogP contribution in [0.2, 0.25) is 0 Å². The summed E-state index contributed by atoms with van der Waals surface area (Å²) in [5.41, 5.74) is 6.35. The van der Waals surface area contributed by atoms with Gasteiger partial charge in [-0.2, -0.15) is 0 Å². The standard InChI is InChI=1S/C18H19N3O/c22-16-6-1-3-11-9-20-14-5-2-4-12-13-10-19-8-7-15(13)21(17(11)16)18(12)14/h1,3,7,9-10,12,17,19-20H,2,4-6,8H2. The molecule has 0 radical (unpaired) electrons. The molecule has 2 aliphatic carbocycles. The first-order valence-electron chi connectivity index (χ1n) is 8.17. The van der Waals surface area contributed by atoms with Crippen molar-refractivity contribution in [3.63, 3.8) is 0 Å². The summed E-state index contributed by atoms with van der Waals surface area (Å²) in [6.45, 7) is 0.841. The van der Waals surface area contributed by atoms with Crippen LogP contribution in [0.15, 0.2) is 58.9 Å². The van der Waals surface area contributed by atoms with Gasteiger partial charge in [0.15, 0.2) is 5.78 Å². The number of Topliss-reactive ketones (excluding diaryl/α,β-unsaturated/α-hetero) is 1. The molecule has 0 amide bonds. The number of ketones is 1. The van der Waals surface area contributed by atoms with Crippen LogP contribution >= 0.6 is 0 Å². The first-order valence-corrected chi connectivity index (χ1v) is 8.17. The third-order valence-corrected chi connectivity index (χ3v) is 5.34. The van der Waals surface area contributed by atoms with Crippen molar-refractivity contribution in [1.29, 1.82) is 0 Å². The smallest absolute Gasteiger partial charge is 0.163 e. The van der Waals surface area contributed by atoms with Crippen molar-refractivity contribution in [3.8, 4) is 0 Å². The Hall–Kier alpha value is -2.23. The van der Waals surface area contributed by atoms with Crippen LogP contribution in [0.4, 0.5) is 0 Å². The van der Waals surface area contributed by atoms with Gasteiger partial charge in [-0.3, -0.25) is 4.79 Å². The quantitative estimate of drug-likeness (QED) is 0.717. The number of hydrogen-bond acceptors (Lipinski definition) is 4. The molecular weight excluding hydrogens is 274 g/mol. The molecule has 1 saturated heterocycles. The Morgan fingerprint density at radius 2 is 2.23 bits per heavy atom. The lowest BCUT2D eigenvalue weighted by Crippen LogP contribution is -2.40. The van der Waals surface area contributed by atoms with Crippen molar-refractivity contribution in [2.45, 2.75) is 31.7 Å². The predicted molar refractivity (Wildman–Crippen MR) is 84.1 cm³/mol. The summed E-state index contributed by atoms with van der Waals surface area (Å²) in [6.07, 6.45) is 14.5. The molecule has 0 bridgehead atoms. The number of carbonyl (C=O) groups excluding carboxylic acids is 1. The predicted octanol–water partition coefficient (Wildman–Crippen LogP) is 2.07. The Balaban J connectivity index is 1.75. The molecule has 0 aromatic rings. The summed E-state index contributed by atoms with van der Waals surface area (Å²) in [6, 6.07) is -0.152. The van der Waals surface area contributed by atoms with Crippen LogP contribution in [0.5, 0.6) is 0 Å². The Kier molecular flexibility index (Phi) is 2.46. The molecule has 22 heavy (non-hydrogen) atoms. The van der Waals surface area contributed by atoms with E-state index in [1.807, 2.05) is 12.3 Å². The van der Waals surface area contributed by atoms with Crippen molar-refractivity contribution in [3.05, 3.63) is 58.9 Å². The first kappa shape index (κ1) is 12.3. The number of carbonyl (C=O) groups is 1. The van der Waals surface area contributed by atoms with Crippen molar-refractivity contribution in [2.75, 3.05) is 6.54 Å². The molecule has 112 valence electrons. The van der Waals surface area contributed by atoms with Crippen molar-refractivity contribution < 1.29 is 4.79 Å². The maximum absolute atomic E-state index is 12.7. The molecule has 4 heteroatoms. The highest BCUT2D eigenvalue weighted by Crippen LogP contribution is 2.51. The van der Waals surface area contributed by atoms with E-state index in [-0.39, 0.29) is 6.04 Å². The highest BCUT2D eigenvalue weighted by Gasteiger charge is 2.47. The van der Waals surface area contributed by atoms with Crippen molar-refractivity contribution in [1.82, 2.24) is 15.5 Å². The number of fused-ring (bicyclic) bond motifs is 5. The van der Waals surface area contributed by atoms with E-state index in [0.29, 0.717) is 18.1 Å². The van der Waals surface area contributed by atoms with E-state index in [0.717, 1.165) is 18.5 Å². The zero-order chi connectivity index (χ0) is 14.7. The van der Waals surface area contributed by atoms with E-state index in [1.165, 1.54) is 35.5 Å². The van der Waals surface area contributed by atoms with Gasteiger partial charge in [-0.15, -0.1) is 0 Å². The van der Waals surface area contributed by atoms with Gasteiger partial charge in [-0.25, -0.2) is 0 Å². The minimum atomic E-state index is -0.152. The number of allylic oxidation sites excluding steroid dienone is 4. The maximum Gasteiger partial charge on any atom is 0.163 e. The molecule has 4 nitrogen and oxygen atoms in total. The van der Waals surface area contributed by atoms with E-state index < -0.39 is 0 Å². The molecular formula is C18H19N3O. The third-order valence-electron chi connectivity index (χ3n) is 5.34. The summed E-state index contributed by atoms with van der Waals surface area (Å²) in [5.74, 6) is 0.732. The molecule has 3 aliphatic heterocycles. The fourth-order valence-corrected chi connectivity index (χ4v) is 4.45. The summed E-state index contributed by atoms with van der Waals surface area (Å²) >= 11 is 0. The van der Waals surface area contributed by atoms with Gasteiger partial charge in [0.2, 0.25) is 0 Å². The van der Waals surface area contributed by atoms with Crippen LogP contribution in [0.3, 0.4) is 0 Å². The van der Waals surface area contributed by atoms with Gasteiger partial charge in [-0.1, -0.05) is 12.2 Å². The molecule has 0 aromatic heterocycles. The Morgan fingerprint density at radius 3 is 3.18 bits per heavy atom. The summed E-state index contributed by atoms with van der Waals surface area (Å²) in [4.78, 5) is 15.0. The summed E-state index contributed by atoms with van der Waals surface area (Å²) in [7, 11) is 0. The van der Waals surface area contributed by atoms with Gasteiger partial charge in [0, 0.05) is 53.9 Å². The Morgan fingerprint density at radius 1 is 1.27 bits per heavy atom. The average molecular weight is 293 g/mol. The maximum atomic E-state index is 12.7. The van der Waals surface area contributed by atoms with Gasteiger partial charge in [-0.05, 0) is 30.9 Å². The van der Waals surface area contributed by atoms with Crippen molar-refractivity contribution in [2.24, 2.45) is 5.92 Å². The van der Waals surface area contributed by atoms with Gasteiger partial charge in [0.1, 0.15) is 6.04 Å². The van der Waals surface area contributed by atoms with Gasteiger partial charge < -0.3 is 15.5 Å². The van der Waals surface area contributed by atoms with Crippen LogP contribution in [0.1, 0.15) is 25.7 Å². The van der Waals surface area contributed by atoms with Gasteiger partial charge >= 0.3 is 0 Å². The van der Waals surface area contributed by atoms with E-state index in [1.54, 1.807) is 0 Å². The fraction of sp³-hybridized carbons (Fsp3) is 0.389. The van der Waals surface area contributed by atoms with Gasteiger partial charge in [0.25, 0.3) is 0 Å². The minimum absolute atomic E-state index is 0.152. The molecule has 3 heterocycles. The Bertz CT molecular complexity index is 723. The molecule has 0 saturated carbocycles. The lowest BCUT2D eigenvalue weighted by Gasteiger charge is -2.34. The number of nitrogens with one attached hydrogen (secondary N) is 2. The lowest BCUT2D eigenvalue weighted by molar-refractivity contribution is -0.121. The zero-order valence-corrected chi connectivity index (χ0v) is 12.4. The van der Waals surface area contributed by atoms with Crippen LogP contribution in [0.25, 0.3) is 0 Å². The second-order valence-corrected chi connectivity index (χ2v) is 6.54. The van der Waals surface area contributed by atoms with Crippen LogP contribution in [0, 0.1) is 5.92 Å². The zero-order valence-electron chi connectivity index (χ0n) is 12.4. The first-order chi connectivity index (χ1) is 10.8. The van der Waals surface area contributed by atoms with E-state index in [4.69, 9.17) is 0 Å². The third kappa shape index (κ3) is 1.50. The van der Waals surface area contributed by atoms with Crippen molar-refractivity contribution >= 4 is 5.78 Å². The summed E-state index contributed by atoms with van der Waals surface area (Å²) in [5, 5.41) is 6.86. The number of hydrogen-bond donors (Lipinski definition) is 2. The number of dihydropyridines is 1. The highest BCUT2D eigenvalue weighted by atomic mass is 16.1. The molecule has 2 N–H and O–H groups in total. The lowest BCUT2D eigenvalue weighted by atomic mass is 9.86. The summed E-state index contributed by atoms with van der Waals surface area (Å²) < 4.78 is 0. The normalized spacial score (nSPS) is 31.9. The van der Waals surface area contributed by atoms with Crippen LogP contribution < -0.4 is 10.6 Å². The van der Waals surface area contributed by atoms with E-state index in [9.17, 15) is 4.79 Å². The molecule has 1 fully saturated rings. The molecule has 5 aliphatic rings. The minimum Gasteiger partial charge on any atom is -0.387 e.